The number of likely N-dealkylation sites (tertiary alicyclic amines) is 1. The Labute approximate surface area is 102 Å². The highest BCUT2D eigenvalue weighted by Gasteiger charge is 2.50. The van der Waals surface area contributed by atoms with Crippen LogP contribution in [0.1, 0.15) is 44.9 Å². The van der Waals surface area contributed by atoms with Crippen LogP contribution < -0.4 is 5.73 Å². The van der Waals surface area contributed by atoms with Gasteiger partial charge < -0.3 is 5.73 Å². The number of imide groups is 1. The van der Waals surface area contributed by atoms with Crippen LogP contribution in [0.25, 0.3) is 0 Å². The number of rotatable bonds is 2. The third-order valence-corrected chi connectivity index (χ3v) is 4.75. The van der Waals surface area contributed by atoms with Crippen LogP contribution in [0.4, 0.5) is 0 Å². The number of nitrogens with zero attached hydrogens (tertiary/aromatic N) is 1. The average molecular weight is 236 g/mol. The molecule has 1 saturated heterocycles. The number of hydrogen-bond acceptors (Lipinski definition) is 3. The number of carbonyl (C=O) groups excluding carboxylic acids is 2. The highest BCUT2D eigenvalue weighted by molar-refractivity contribution is 6.05. The average Bonchev–Trinajstić information content (AvgIpc) is 2.53. The lowest BCUT2D eigenvalue weighted by Gasteiger charge is -2.40. The van der Waals surface area contributed by atoms with Crippen LogP contribution in [0.3, 0.4) is 0 Å². The molecule has 17 heavy (non-hydrogen) atoms. The molecule has 1 aliphatic heterocycles. The summed E-state index contributed by atoms with van der Waals surface area (Å²) >= 11 is 0. The van der Waals surface area contributed by atoms with Gasteiger partial charge in [-0.15, -0.1) is 0 Å². The zero-order valence-electron chi connectivity index (χ0n) is 10.2. The van der Waals surface area contributed by atoms with Crippen molar-refractivity contribution in [2.24, 2.45) is 17.6 Å². The van der Waals surface area contributed by atoms with Crippen LogP contribution in [0.5, 0.6) is 0 Å². The van der Waals surface area contributed by atoms with Crippen LogP contribution in [0.2, 0.25) is 0 Å². The van der Waals surface area contributed by atoms with Gasteiger partial charge in [-0.2, -0.15) is 0 Å². The minimum absolute atomic E-state index is 0.0278. The minimum Gasteiger partial charge on any atom is -0.324 e. The second kappa shape index (κ2) is 3.80. The Kier molecular flexibility index (Phi) is 2.51. The van der Waals surface area contributed by atoms with Gasteiger partial charge in [-0.05, 0) is 32.1 Å². The third-order valence-electron chi connectivity index (χ3n) is 4.75. The van der Waals surface area contributed by atoms with Crippen molar-refractivity contribution in [3.8, 4) is 0 Å². The van der Waals surface area contributed by atoms with Crippen LogP contribution in [-0.4, -0.2) is 28.8 Å². The zero-order chi connectivity index (χ0) is 12.0. The van der Waals surface area contributed by atoms with Gasteiger partial charge in [0.15, 0.2) is 0 Å². The first-order valence-electron chi connectivity index (χ1n) is 6.75. The van der Waals surface area contributed by atoms with Gasteiger partial charge in [0.05, 0.1) is 11.8 Å². The molecule has 2 N–H and O–H groups in total. The van der Waals surface area contributed by atoms with Gasteiger partial charge in [-0.3, -0.25) is 14.5 Å². The fourth-order valence-electron chi connectivity index (χ4n) is 3.49. The third kappa shape index (κ3) is 1.69. The summed E-state index contributed by atoms with van der Waals surface area (Å²) in [5, 5.41) is 0. The van der Waals surface area contributed by atoms with E-state index >= 15 is 0 Å². The molecule has 3 fully saturated rings. The Bertz CT molecular complexity index is 338. The van der Waals surface area contributed by atoms with Gasteiger partial charge >= 0.3 is 0 Å². The molecule has 0 aromatic carbocycles. The molecule has 2 aliphatic carbocycles. The van der Waals surface area contributed by atoms with Crippen molar-refractivity contribution in [3.05, 3.63) is 0 Å². The standard InChI is InChI=1S/C13H20N2O2/c14-13(6-3-7-13)8-15-11(16)9-4-1-2-5-10(9)12(15)17/h9-10H,1-8,14H2. The van der Waals surface area contributed by atoms with Crippen molar-refractivity contribution in [2.45, 2.75) is 50.5 Å². The summed E-state index contributed by atoms with van der Waals surface area (Å²) in [6.45, 7) is 0.456. The smallest absolute Gasteiger partial charge is 0.233 e. The molecule has 0 aromatic rings. The number of carbonyl (C=O) groups is 2. The van der Waals surface area contributed by atoms with E-state index < -0.39 is 0 Å². The summed E-state index contributed by atoms with van der Waals surface area (Å²) in [5.41, 5.74) is 5.87. The van der Waals surface area contributed by atoms with E-state index in [-0.39, 0.29) is 29.2 Å². The van der Waals surface area contributed by atoms with Crippen molar-refractivity contribution >= 4 is 11.8 Å². The summed E-state index contributed by atoms with van der Waals surface area (Å²) in [7, 11) is 0. The van der Waals surface area contributed by atoms with Gasteiger partial charge in [0.25, 0.3) is 0 Å². The van der Waals surface area contributed by atoms with Crippen molar-refractivity contribution in [3.63, 3.8) is 0 Å². The first-order chi connectivity index (χ1) is 8.11. The van der Waals surface area contributed by atoms with Gasteiger partial charge in [0, 0.05) is 12.1 Å². The molecular formula is C13H20N2O2. The van der Waals surface area contributed by atoms with E-state index in [4.69, 9.17) is 5.73 Å². The lowest BCUT2D eigenvalue weighted by atomic mass is 9.77. The van der Waals surface area contributed by atoms with Gasteiger partial charge in [-0.25, -0.2) is 0 Å². The van der Waals surface area contributed by atoms with Crippen LogP contribution in [0.15, 0.2) is 0 Å². The van der Waals surface area contributed by atoms with Crippen LogP contribution >= 0.6 is 0 Å². The van der Waals surface area contributed by atoms with E-state index in [0.29, 0.717) is 6.54 Å². The van der Waals surface area contributed by atoms with E-state index in [9.17, 15) is 9.59 Å². The van der Waals surface area contributed by atoms with Gasteiger partial charge in [0.2, 0.25) is 11.8 Å². The second-order valence-electron chi connectivity index (χ2n) is 5.98. The number of nitrogens with two attached hydrogens (primary N) is 1. The Morgan fingerprint density at radius 3 is 2.00 bits per heavy atom. The Balaban J connectivity index is 1.76. The van der Waals surface area contributed by atoms with Gasteiger partial charge in [-0.1, -0.05) is 12.8 Å². The maximum atomic E-state index is 12.2. The van der Waals surface area contributed by atoms with Crippen molar-refractivity contribution in [2.75, 3.05) is 6.54 Å². The second-order valence-corrected chi connectivity index (χ2v) is 5.98. The quantitative estimate of drug-likeness (QED) is 0.729. The van der Waals surface area contributed by atoms with E-state index in [2.05, 4.69) is 0 Å². The predicted molar refractivity (Wildman–Crippen MR) is 62.9 cm³/mol. The summed E-state index contributed by atoms with van der Waals surface area (Å²) in [5.74, 6) is 0.0488. The molecule has 2 unspecified atom stereocenters. The highest BCUT2D eigenvalue weighted by atomic mass is 16.2. The molecule has 2 atom stereocenters. The summed E-state index contributed by atoms with van der Waals surface area (Å²) in [4.78, 5) is 25.9. The van der Waals surface area contributed by atoms with Crippen LogP contribution in [-0.2, 0) is 9.59 Å². The normalized spacial score (nSPS) is 35.7. The number of hydrogen-bond donors (Lipinski definition) is 1. The molecular weight excluding hydrogens is 216 g/mol. The molecule has 4 heteroatoms. The largest absolute Gasteiger partial charge is 0.324 e. The van der Waals surface area contributed by atoms with E-state index in [1.165, 1.54) is 4.90 Å². The molecule has 3 rings (SSSR count). The molecule has 2 saturated carbocycles. The molecule has 0 bridgehead atoms. The summed E-state index contributed by atoms with van der Waals surface area (Å²) in [6.07, 6.45) is 6.97. The topological polar surface area (TPSA) is 63.4 Å². The molecule has 0 spiro atoms. The van der Waals surface area contributed by atoms with E-state index in [0.717, 1.165) is 44.9 Å². The molecule has 94 valence electrons. The summed E-state index contributed by atoms with van der Waals surface area (Å²) in [6, 6.07) is 0. The number of amides is 2. The van der Waals surface area contributed by atoms with E-state index in [1.54, 1.807) is 0 Å². The predicted octanol–water partition coefficient (Wildman–Crippen LogP) is 1.04. The van der Waals surface area contributed by atoms with Crippen molar-refractivity contribution in [1.82, 2.24) is 4.90 Å². The molecule has 0 radical (unpaired) electrons. The highest BCUT2D eigenvalue weighted by Crippen LogP contribution is 2.40. The van der Waals surface area contributed by atoms with Gasteiger partial charge in [0.1, 0.15) is 0 Å². The first kappa shape index (κ1) is 11.2. The lowest BCUT2D eigenvalue weighted by Crippen LogP contribution is -2.56. The monoisotopic (exact) mass is 236 g/mol. The molecule has 3 aliphatic rings. The lowest BCUT2D eigenvalue weighted by molar-refractivity contribution is -0.141. The van der Waals surface area contributed by atoms with Crippen molar-refractivity contribution < 1.29 is 9.59 Å². The Morgan fingerprint density at radius 2 is 1.59 bits per heavy atom. The SMILES string of the molecule is NC1(CN2C(=O)C3CCCCC3C2=O)CCC1. The maximum Gasteiger partial charge on any atom is 0.233 e. The first-order valence-corrected chi connectivity index (χ1v) is 6.75. The molecule has 2 amide bonds. The zero-order valence-corrected chi connectivity index (χ0v) is 10.2. The van der Waals surface area contributed by atoms with E-state index in [1.807, 2.05) is 0 Å². The Morgan fingerprint density at radius 1 is 1.06 bits per heavy atom. The minimum atomic E-state index is -0.279. The summed E-state index contributed by atoms with van der Waals surface area (Å²) < 4.78 is 0. The number of fused-ring (bicyclic) bond motifs is 1. The molecule has 1 heterocycles. The van der Waals surface area contributed by atoms with Crippen molar-refractivity contribution in [1.29, 1.82) is 0 Å². The Hall–Kier alpha value is -0.900. The maximum absolute atomic E-state index is 12.2. The fraction of sp³-hybridized carbons (Fsp3) is 0.846. The van der Waals surface area contributed by atoms with Crippen LogP contribution in [0, 0.1) is 11.8 Å². The molecule has 4 nitrogen and oxygen atoms in total. The fourth-order valence-corrected chi connectivity index (χ4v) is 3.49. The molecule has 0 aromatic heterocycles.